The van der Waals surface area contributed by atoms with Gasteiger partial charge in [0.1, 0.15) is 30.5 Å². The van der Waals surface area contributed by atoms with E-state index in [9.17, 15) is 47.1 Å². The molecule has 6 amide bonds. The summed E-state index contributed by atoms with van der Waals surface area (Å²) < 4.78 is 57.5. The Hall–Kier alpha value is -8.02. The van der Waals surface area contributed by atoms with Crippen LogP contribution in [-0.4, -0.2) is 130 Å². The highest BCUT2D eigenvalue weighted by Gasteiger charge is 2.58. The van der Waals surface area contributed by atoms with Crippen LogP contribution in [0.25, 0.3) is 11.1 Å². The number of aryl methyl sites for hydroxylation is 1. The number of carbonyl (C=O) groups excluding carboxylic acids is 7. The quantitative estimate of drug-likeness (QED) is 0.00967. The van der Waals surface area contributed by atoms with Gasteiger partial charge in [-0.15, -0.1) is 0 Å². The Morgan fingerprint density at radius 3 is 2.19 bits per heavy atom. The summed E-state index contributed by atoms with van der Waals surface area (Å²) in [5.74, 6) is -2.49. The fraction of sp³-hybridized carbons (Fsp3) is 0.448. The predicted octanol–water partition coefficient (Wildman–Crippen LogP) is 7.27. The van der Waals surface area contributed by atoms with Crippen molar-refractivity contribution in [3.63, 3.8) is 0 Å². The Balaban J connectivity index is 0.691. The molecule has 3 heterocycles. The molecule has 0 saturated carbocycles. The molecule has 9 atom stereocenters. The lowest BCUT2D eigenvalue weighted by atomic mass is 9.87. The maximum absolute atomic E-state index is 13.3. The monoisotopic (exact) mass is 1240 g/mol. The molecule has 21 nitrogen and oxygen atoms in total. The largest absolute Gasteiger partial charge is 0.459 e. The average molecular weight is 1240 g/mol. The summed E-state index contributed by atoms with van der Waals surface area (Å²) in [4.78, 5) is 87.7. The molecule has 3 saturated heterocycles. The van der Waals surface area contributed by atoms with Gasteiger partial charge in [0.25, 0.3) is 10.0 Å². The van der Waals surface area contributed by atoms with Crippen LogP contribution in [0.3, 0.4) is 0 Å². The topological polar surface area (TPSA) is 295 Å². The first-order chi connectivity index (χ1) is 42.6. The second kappa shape index (κ2) is 31.4. The van der Waals surface area contributed by atoms with Crippen LogP contribution in [0.1, 0.15) is 121 Å². The molecule has 1 spiro atoms. The standard InChI is InChI=1S/C67H82N6O15S/c1-42(22-30-58-43(2)35-57(45(4)87-58)72-61(76)32-24-44(3)86-46(5)74)23-31-59-65(80)67(41-85-67)37-49(88-59)36-63(78)69-38-47-25-28-50(29-26-47)89(82,83)73-62(77)33-27-48-15-8-13-20-56(48)71-64(79)39-70-60(75)21-7-6-14-34-68-66(81)84-40-55-53-18-11-9-16-51(53)52-17-10-12-19-54(52)55/h8-13,15-20,22-26,28-29,31-32,43-45,49,55,57-59,65,80H,6-7,14,21,27,30,33-41H2,1-5H3,(H,68,81)(H,69,78)(H,70,75)(H,71,79)(H,72,76)(H,73,77)/b31-23+,32-24?,42-22+/t43-,44?,45+,49+,57+,58-,59+,65+,67+/m0/s1. The van der Waals surface area contributed by atoms with Gasteiger partial charge in [-0.3, -0.25) is 28.8 Å². The number of alkyl carbamates (subject to hydrolysis) is 1. The van der Waals surface area contributed by atoms with E-state index in [1.54, 1.807) is 37.3 Å². The van der Waals surface area contributed by atoms with Crippen LogP contribution >= 0.6 is 0 Å². The van der Waals surface area contributed by atoms with E-state index in [-0.39, 0.29) is 98.1 Å². The first kappa shape index (κ1) is 66.9. The smallest absolute Gasteiger partial charge is 0.407 e. The number of unbranched alkanes of at least 4 members (excludes halogenated alkanes) is 2. The van der Waals surface area contributed by atoms with Gasteiger partial charge in [0, 0.05) is 57.0 Å². The van der Waals surface area contributed by atoms with Crippen LogP contribution in [-0.2, 0) is 75.4 Å². The highest BCUT2D eigenvalue weighted by Crippen LogP contribution is 2.45. The highest BCUT2D eigenvalue weighted by molar-refractivity contribution is 7.90. The van der Waals surface area contributed by atoms with Crippen LogP contribution in [0, 0.1) is 5.92 Å². The summed E-state index contributed by atoms with van der Waals surface area (Å²) in [6, 6.07) is 28.6. The van der Waals surface area contributed by atoms with Crippen LogP contribution in [0.15, 0.2) is 138 Å². The molecule has 0 radical (unpaired) electrons. The third kappa shape index (κ3) is 19.5. The van der Waals surface area contributed by atoms with Crippen molar-refractivity contribution >= 4 is 57.3 Å². The van der Waals surface area contributed by atoms with Gasteiger partial charge in [-0.2, -0.15) is 0 Å². The zero-order chi connectivity index (χ0) is 63.7. The number of amides is 6. The lowest BCUT2D eigenvalue weighted by molar-refractivity contribution is -0.145. The first-order valence-corrected chi connectivity index (χ1v) is 31.9. The Morgan fingerprint density at radius 1 is 0.787 bits per heavy atom. The molecule has 8 rings (SSSR count). The molecule has 1 unspecified atom stereocenters. The van der Waals surface area contributed by atoms with Crippen LogP contribution in [0.2, 0.25) is 0 Å². The maximum atomic E-state index is 13.3. The number of para-hydroxylation sites is 1. The number of ether oxygens (including phenoxy) is 5. The third-order valence-corrected chi connectivity index (χ3v) is 17.8. The van der Waals surface area contributed by atoms with E-state index < -0.39 is 63.9 Å². The summed E-state index contributed by atoms with van der Waals surface area (Å²) in [5.41, 5.74) is 6.27. The molecular formula is C67H82N6O15S. The zero-order valence-corrected chi connectivity index (χ0v) is 51.8. The number of nitrogens with one attached hydrogen (secondary N) is 6. The van der Waals surface area contributed by atoms with Gasteiger partial charge in [-0.05, 0) is 116 Å². The van der Waals surface area contributed by atoms with E-state index in [2.05, 4.69) is 68.6 Å². The summed E-state index contributed by atoms with van der Waals surface area (Å²) in [6.07, 6.45) is 8.57. The number of hydrogen-bond donors (Lipinski definition) is 7. The lowest BCUT2D eigenvalue weighted by Crippen LogP contribution is -2.50. The van der Waals surface area contributed by atoms with Crippen molar-refractivity contribution in [3.8, 4) is 11.1 Å². The van der Waals surface area contributed by atoms with Crippen molar-refractivity contribution in [2.24, 2.45) is 5.92 Å². The molecule has 89 heavy (non-hydrogen) atoms. The molecule has 3 aliphatic heterocycles. The number of benzene rings is 4. The average Bonchev–Trinajstić information content (AvgIpc) is 1.63. The van der Waals surface area contributed by atoms with Gasteiger partial charge in [-0.1, -0.05) is 116 Å². The maximum Gasteiger partial charge on any atom is 0.407 e. The second-order valence-electron chi connectivity index (χ2n) is 23.3. The van der Waals surface area contributed by atoms with Crippen LogP contribution < -0.4 is 31.3 Å². The van der Waals surface area contributed by atoms with Crippen molar-refractivity contribution < 1.29 is 70.8 Å². The molecule has 1 aliphatic carbocycles. The Kier molecular flexibility index (Phi) is 23.6. The minimum Gasteiger partial charge on any atom is -0.459 e. The van der Waals surface area contributed by atoms with Crippen LogP contribution in [0.4, 0.5) is 10.5 Å². The fourth-order valence-electron chi connectivity index (χ4n) is 11.4. The van der Waals surface area contributed by atoms with Crippen molar-refractivity contribution in [3.05, 3.63) is 155 Å². The Morgan fingerprint density at radius 2 is 1.48 bits per heavy atom. The van der Waals surface area contributed by atoms with Gasteiger partial charge in [-0.25, -0.2) is 17.9 Å². The Labute approximate surface area is 520 Å². The number of aliphatic hydroxyl groups is 1. The predicted molar refractivity (Wildman–Crippen MR) is 332 cm³/mol. The van der Waals surface area contributed by atoms with E-state index >= 15 is 0 Å². The molecule has 7 N–H and O–H groups in total. The number of aliphatic hydroxyl groups excluding tert-OH is 1. The second-order valence-corrected chi connectivity index (χ2v) is 25.0. The molecule has 0 bridgehead atoms. The van der Waals surface area contributed by atoms with E-state index in [1.165, 1.54) is 43.3 Å². The van der Waals surface area contributed by atoms with Crippen molar-refractivity contribution in [2.75, 3.05) is 31.6 Å². The van der Waals surface area contributed by atoms with E-state index in [0.717, 1.165) is 27.8 Å². The molecule has 22 heteroatoms. The van der Waals surface area contributed by atoms with Gasteiger partial charge in [0.2, 0.25) is 29.5 Å². The number of epoxide rings is 1. The first-order valence-electron chi connectivity index (χ1n) is 30.4. The third-order valence-electron chi connectivity index (χ3n) is 16.4. The Bertz CT molecular complexity index is 3340. The molecule has 4 aromatic carbocycles. The van der Waals surface area contributed by atoms with Gasteiger partial charge < -0.3 is 55.4 Å². The van der Waals surface area contributed by atoms with Crippen molar-refractivity contribution in [1.29, 1.82) is 0 Å². The SMILES string of the molecule is CC(=O)OC(C)C=CC(=O)N[C@@H]1C[C@H](C)[C@H](C/C=C(C)/C=C/[C@H]2O[C@H](CC(=O)NCc3ccc(S(=O)(=O)NC(=O)CCc4ccccc4NC(=O)CNC(=O)CCCCCNC(=O)OCC4c5ccccc5-c5ccccc54)cc3)C[C@@]3(CO3)[C@@H]2O)O[C@@H]1C. The minimum atomic E-state index is -4.26. The van der Waals surface area contributed by atoms with E-state index in [4.69, 9.17) is 23.7 Å². The number of allylic oxidation sites excluding steroid dienone is 2. The fourth-order valence-corrected chi connectivity index (χ4v) is 12.4. The number of esters is 1. The van der Waals surface area contributed by atoms with Crippen molar-refractivity contribution in [1.82, 2.24) is 26.0 Å². The number of carbonyl (C=O) groups is 7. The number of hydrogen-bond acceptors (Lipinski definition) is 15. The summed E-state index contributed by atoms with van der Waals surface area (Å²) in [5, 5.41) is 25.2. The number of fused-ring (bicyclic) bond motifs is 3. The van der Waals surface area contributed by atoms with Crippen molar-refractivity contribution in [2.45, 2.75) is 164 Å². The summed E-state index contributed by atoms with van der Waals surface area (Å²) >= 11 is 0. The van der Waals surface area contributed by atoms with E-state index in [0.29, 0.717) is 68.5 Å². The molecule has 4 aromatic rings. The minimum absolute atomic E-state index is 0.0107. The molecule has 476 valence electrons. The lowest BCUT2D eigenvalue weighted by Gasteiger charge is -2.39. The van der Waals surface area contributed by atoms with Gasteiger partial charge in [0.15, 0.2) is 0 Å². The number of sulfonamides is 1. The summed E-state index contributed by atoms with van der Waals surface area (Å²) in [6.45, 7) is 9.67. The number of anilines is 1. The van der Waals surface area contributed by atoms with E-state index in [1.807, 2.05) is 44.2 Å². The highest BCUT2D eigenvalue weighted by atomic mass is 32.2. The van der Waals surface area contributed by atoms with Gasteiger partial charge in [0.05, 0.1) is 48.8 Å². The molecule has 4 aliphatic rings. The zero-order valence-electron chi connectivity index (χ0n) is 51.0. The molecule has 3 fully saturated rings. The normalized spacial score (nSPS) is 22.5. The van der Waals surface area contributed by atoms with Crippen LogP contribution in [0.5, 0.6) is 0 Å². The summed E-state index contributed by atoms with van der Waals surface area (Å²) in [7, 11) is -4.26. The molecule has 0 aromatic heterocycles. The molecular weight excluding hydrogens is 1160 g/mol. The van der Waals surface area contributed by atoms with Gasteiger partial charge >= 0.3 is 12.1 Å². The number of rotatable bonds is 28.